The van der Waals surface area contributed by atoms with E-state index in [1.54, 1.807) is 4.90 Å². The molecular formula is C22H24F3N5O2. The van der Waals surface area contributed by atoms with Crippen LogP contribution in [0.4, 0.5) is 19.1 Å². The molecule has 0 saturated heterocycles. The Hall–Kier alpha value is -3.01. The number of nitrogens with zero attached hydrogens (tertiary/aromatic N) is 5. The van der Waals surface area contributed by atoms with Gasteiger partial charge in [0.25, 0.3) is 0 Å². The molecule has 170 valence electrons. The van der Waals surface area contributed by atoms with Crippen molar-refractivity contribution in [3.63, 3.8) is 0 Å². The Bertz CT molecular complexity index is 1200. The van der Waals surface area contributed by atoms with Crippen LogP contribution in [0.2, 0.25) is 0 Å². The lowest BCUT2D eigenvalue weighted by Crippen LogP contribution is -2.42. The van der Waals surface area contributed by atoms with E-state index in [0.29, 0.717) is 18.9 Å². The van der Waals surface area contributed by atoms with Gasteiger partial charge < -0.3 is 14.6 Å². The normalized spacial score (nSPS) is 16.7. The van der Waals surface area contributed by atoms with Crippen LogP contribution >= 0.6 is 0 Å². The summed E-state index contributed by atoms with van der Waals surface area (Å²) in [6.45, 7) is 7.70. The van der Waals surface area contributed by atoms with Gasteiger partial charge >= 0.3 is 6.18 Å². The van der Waals surface area contributed by atoms with Crippen molar-refractivity contribution in [3.8, 4) is 0 Å². The highest BCUT2D eigenvalue weighted by atomic mass is 19.4. The van der Waals surface area contributed by atoms with Crippen LogP contribution in [0.25, 0.3) is 11.0 Å². The van der Waals surface area contributed by atoms with Crippen LogP contribution in [-0.4, -0.2) is 37.0 Å². The summed E-state index contributed by atoms with van der Waals surface area (Å²) in [6.07, 6.45) is -3.81. The zero-order valence-electron chi connectivity index (χ0n) is 18.2. The summed E-state index contributed by atoms with van der Waals surface area (Å²) in [7, 11) is 0. The van der Waals surface area contributed by atoms with Crippen molar-refractivity contribution in [2.24, 2.45) is 5.92 Å². The Morgan fingerprint density at radius 3 is 2.56 bits per heavy atom. The van der Waals surface area contributed by atoms with Gasteiger partial charge in [0.15, 0.2) is 11.5 Å². The number of aromatic nitrogens is 4. The first kappa shape index (κ1) is 22.2. The number of fused-ring (bicyclic) bond motifs is 3. The first-order valence-corrected chi connectivity index (χ1v) is 10.3. The summed E-state index contributed by atoms with van der Waals surface area (Å²) >= 11 is 0. The number of benzene rings is 1. The fourth-order valence-corrected chi connectivity index (χ4v) is 4.32. The molecule has 4 rings (SSSR count). The number of alkyl halides is 3. The van der Waals surface area contributed by atoms with Gasteiger partial charge in [-0.2, -0.15) is 13.2 Å². The van der Waals surface area contributed by atoms with E-state index in [1.807, 2.05) is 32.9 Å². The van der Waals surface area contributed by atoms with E-state index in [1.165, 1.54) is 0 Å². The third kappa shape index (κ3) is 3.62. The van der Waals surface area contributed by atoms with Crippen molar-refractivity contribution >= 4 is 22.8 Å². The van der Waals surface area contributed by atoms with Crippen LogP contribution in [0, 0.1) is 12.8 Å². The highest BCUT2D eigenvalue weighted by molar-refractivity contribution is 5.95. The molecule has 1 N–H and O–H groups in total. The second-order valence-corrected chi connectivity index (χ2v) is 8.42. The molecule has 1 aliphatic rings. The van der Waals surface area contributed by atoms with Gasteiger partial charge in [0.2, 0.25) is 5.95 Å². The number of ketones is 1. The maximum Gasteiger partial charge on any atom is 0.434 e. The molecule has 10 heteroatoms. The van der Waals surface area contributed by atoms with Crippen molar-refractivity contribution in [2.45, 2.75) is 53.1 Å². The van der Waals surface area contributed by atoms with Gasteiger partial charge in [0, 0.05) is 19.3 Å². The average Bonchev–Trinajstić information content (AvgIpc) is 3.08. The van der Waals surface area contributed by atoms with Crippen molar-refractivity contribution in [1.29, 1.82) is 0 Å². The van der Waals surface area contributed by atoms with Crippen molar-refractivity contribution in [1.82, 2.24) is 19.5 Å². The first-order chi connectivity index (χ1) is 15.0. The Labute approximate surface area is 182 Å². The van der Waals surface area contributed by atoms with Crippen LogP contribution < -0.4 is 4.90 Å². The van der Waals surface area contributed by atoms with Crippen LogP contribution in [0.3, 0.4) is 0 Å². The summed E-state index contributed by atoms with van der Waals surface area (Å²) in [5.41, 5.74) is 1.61. The molecule has 1 atom stereocenters. The molecule has 7 nitrogen and oxygen atoms in total. The van der Waals surface area contributed by atoms with E-state index in [4.69, 9.17) is 4.98 Å². The van der Waals surface area contributed by atoms with E-state index < -0.39 is 23.2 Å². The standard InChI is InChI=1S/C22H24F3N5O2/c1-11(2)18-20-27-16-8-14(10-31)12(3)7-17(16)29(20)5-6-30(18)21-26-9-15(13(4)32)19(28-21)22(23,24)25/h7-9,11,18,31H,5-6,10H2,1-4H3. The Morgan fingerprint density at radius 1 is 1.25 bits per heavy atom. The summed E-state index contributed by atoms with van der Waals surface area (Å²) in [6, 6.07) is 3.46. The molecule has 0 saturated carbocycles. The molecule has 0 amide bonds. The first-order valence-electron chi connectivity index (χ1n) is 10.3. The Kier molecular flexibility index (Phi) is 5.44. The number of aliphatic hydroxyl groups is 1. The number of halogens is 3. The quantitative estimate of drug-likeness (QED) is 0.607. The zero-order chi connectivity index (χ0) is 23.4. The summed E-state index contributed by atoms with van der Waals surface area (Å²) in [4.78, 5) is 26.1. The molecule has 1 unspecified atom stereocenters. The van der Waals surface area contributed by atoms with Gasteiger partial charge in [-0.25, -0.2) is 15.0 Å². The van der Waals surface area contributed by atoms with Crippen LogP contribution in [-0.2, 0) is 19.3 Å². The summed E-state index contributed by atoms with van der Waals surface area (Å²) in [5.74, 6) is -0.107. The molecule has 2 aromatic heterocycles. The number of anilines is 1. The average molecular weight is 447 g/mol. The molecule has 3 heterocycles. The van der Waals surface area contributed by atoms with Crippen LogP contribution in [0.1, 0.15) is 59.8 Å². The van der Waals surface area contributed by atoms with Crippen LogP contribution in [0.15, 0.2) is 18.3 Å². The molecule has 1 aromatic carbocycles. The number of imidazole rings is 1. The van der Waals surface area contributed by atoms with E-state index >= 15 is 0 Å². The number of aliphatic hydroxyl groups excluding tert-OH is 1. The Morgan fingerprint density at radius 2 is 1.97 bits per heavy atom. The van der Waals surface area contributed by atoms with Crippen molar-refractivity contribution < 1.29 is 23.1 Å². The minimum atomic E-state index is -4.77. The topological polar surface area (TPSA) is 84.1 Å². The smallest absolute Gasteiger partial charge is 0.392 e. The Balaban J connectivity index is 1.85. The maximum absolute atomic E-state index is 13.6. The second-order valence-electron chi connectivity index (χ2n) is 8.42. The fourth-order valence-electron chi connectivity index (χ4n) is 4.32. The zero-order valence-corrected chi connectivity index (χ0v) is 18.2. The lowest BCUT2D eigenvalue weighted by molar-refractivity contribution is -0.141. The van der Waals surface area contributed by atoms with Crippen molar-refractivity contribution in [2.75, 3.05) is 11.4 Å². The molecular weight excluding hydrogens is 423 g/mol. The summed E-state index contributed by atoms with van der Waals surface area (Å²) in [5, 5.41) is 9.59. The van der Waals surface area contributed by atoms with Gasteiger partial charge in [-0.05, 0) is 43.0 Å². The lowest BCUT2D eigenvalue weighted by atomic mass is 10.00. The number of rotatable bonds is 4. The predicted molar refractivity (Wildman–Crippen MR) is 112 cm³/mol. The SMILES string of the molecule is CC(=O)c1cnc(N2CCn3c(nc4cc(CO)c(C)cc43)C2C(C)C)nc1C(F)(F)F. The monoisotopic (exact) mass is 447 g/mol. The number of Topliss-reactive ketones (excluding diaryl/α,β-unsaturated/α-hetero) is 1. The van der Waals surface area contributed by atoms with E-state index in [9.17, 15) is 23.1 Å². The molecule has 0 bridgehead atoms. The van der Waals surface area contributed by atoms with Crippen LogP contribution in [0.5, 0.6) is 0 Å². The molecule has 0 aliphatic carbocycles. The highest BCUT2D eigenvalue weighted by Gasteiger charge is 2.40. The summed E-state index contributed by atoms with van der Waals surface area (Å²) < 4.78 is 42.9. The minimum Gasteiger partial charge on any atom is -0.392 e. The van der Waals surface area contributed by atoms with E-state index in [2.05, 4.69) is 14.5 Å². The molecule has 1 aliphatic heterocycles. The second kappa shape index (κ2) is 7.84. The molecule has 0 radical (unpaired) electrons. The van der Waals surface area contributed by atoms with Gasteiger partial charge in [-0.1, -0.05) is 13.8 Å². The lowest BCUT2D eigenvalue weighted by Gasteiger charge is -2.38. The fraction of sp³-hybridized carbons (Fsp3) is 0.455. The van der Waals surface area contributed by atoms with Gasteiger partial charge in [0.1, 0.15) is 5.82 Å². The third-order valence-corrected chi connectivity index (χ3v) is 5.88. The maximum atomic E-state index is 13.6. The largest absolute Gasteiger partial charge is 0.434 e. The highest BCUT2D eigenvalue weighted by Crippen LogP contribution is 2.38. The van der Waals surface area contributed by atoms with Gasteiger partial charge in [-0.3, -0.25) is 4.79 Å². The van der Waals surface area contributed by atoms with Gasteiger partial charge in [0.05, 0.1) is 29.2 Å². The third-order valence-electron chi connectivity index (χ3n) is 5.88. The van der Waals surface area contributed by atoms with Crippen molar-refractivity contribution in [3.05, 3.63) is 46.5 Å². The number of hydrogen-bond donors (Lipinski definition) is 1. The molecule has 0 spiro atoms. The predicted octanol–water partition coefficient (Wildman–Crippen LogP) is 4.07. The number of aryl methyl sites for hydroxylation is 1. The number of carbonyl (C=O) groups excluding carboxylic acids is 1. The van der Waals surface area contributed by atoms with E-state index in [-0.39, 0.29) is 24.5 Å². The minimum absolute atomic E-state index is 0.00492. The van der Waals surface area contributed by atoms with Gasteiger partial charge in [-0.15, -0.1) is 0 Å². The number of carbonyl (C=O) groups is 1. The number of hydrogen-bond acceptors (Lipinski definition) is 6. The van der Waals surface area contributed by atoms with E-state index in [0.717, 1.165) is 35.3 Å². The molecule has 32 heavy (non-hydrogen) atoms. The molecule has 0 fully saturated rings. The molecule has 3 aromatic rings.